The van der Waals surface area contributed by atoms with Crippen molar-refractivity contribution in [2.24, 2.45) is 11.8 Å². The van der Waals surface area contributed by atoms with Crippen LogP contribution in [-0.2, 0) is 4.79 Å². The van der Waals surface area contributed by atoms with Crippen molar-refractivity contribution in [1.29, 1.82) is 0 Å². The molecule has 5 rings (SSSR count). The van der Waals surface area contributed by atoms with Crippen LogP contribution in [0.15, 0.2) is 29.8 Å². The van der Waals surface area contributed by atoms with E-state index in [1.165, 1.54) is 38.8 Å². The fourth-order valence-electron chi connectivity index (χ4n) is 6.23. The Morgan fingerprint density at radius 3 is 2.63 bits per heavy atom. The summed E-state index contributed by atoms with van der Waals surface area (Å²) in [7, 11) is 1.68. The zero-order chi connectivity index (χ0) is 18.4. The molecule has 0 bridgehead atoms. The molecule has 0 saturated carbocycles. The molecule has 4 nitrogen and oxygen atoms in total. The first-order valence-electron chi connectivity index (χ1n) is 10.6. The number of amides is 1. The van der Waals surface area contributed by atoms with Crippen LogP contribution < -0.4 is 4.74 Å². The first-order valence-corrected chi connectivity index (χ1v) is 10.6. The fraction of sp³-hybridized carbons (Fsp3) is 0.609. The van der Waals surface area contributed by atoms with Gasteiger partial charge in [0.15, 0.2) is 0 Å². The number of methoxy groups -OCH3 is 1. The van der Waals surface area contributed by atoms with Gasteiger partial charge in [-0.15, -0.1) is 0 Å². The molecule has 0 spiro atoms. The van der Waals surface area contributed by atoms with Crippen molar-refractivity contribution >= 4 is 12.0 Å². The van der Waals surface area contributed by atoms with Crippen LogP contribution in [0.4, 0.5) is 0 Å². The minimum atomic E-state index is 0.295. The third kappa shape index (κ3) is 2.98. The Balaban J connectivity index is 1.39. The van der Waals surface area contributed by atoms with Gasteiger partial charge in [-0.05, 0) is 87.2 Å². The van der Waals surface area contributed by atoms with Crippen molar-refractivity contribution in [3.8, 4) is 5.75 Å². The highest BCUT2D eigenvalue weighted by molar-refractivity contribution is 5.99. The predicted molar refractivity (Wildman–Crippen MR) is 107 cm³/mol. The smallest absolute Gasteiger partial charge is 0.250 e. The number of fused-ring (bicyclic) bond motifs is 2. The molecule has 4 aliphatic rings. The Morgan fingerprint density at radius 2 is 1.85 bits per heavy atom. The summed E-state index contributed by atoms with van der Waals surface area (Å²) in [4.78, 5) is 18.4. The van der Waals surface area contributed by atoms with Crippen LogP contribution >= 0.6 is 0 Å². The first-order chi connectivity index (χ1) is 13.2. The number of carbonyl (C=O) groups excluding carboxylic acids is 1. The van der Waals surface area contributed by atoms with E-state index in [0.717, 1.165) is 42.3 Å². The highest BCUT2D eigenvalue weighted by atomic mass is 16.5. The topological polar surface area (TPSA) is 32.8 Å². The number of rotatable bonds is 2. The third-order valence-electron chi connectivity index (χ3n) is 7.37. The lowest BCUT2D eigenvalue weighted by Crippen LogP contribution is -2.66. The molecule has 144 valence electrons. The summed E-state index contributed by atoms with van der Waals surface area (Å²) in [5, 5.41) is 0. The van der Waals surface area contributed by atoms with E-state index >= 15 is 0 Å². The highest BCUT2D eigenvalue weighted by Crippen LogP contribution is 2.45. The second-order valence-electron chi connectivity index (χ2n) is 8.74. The maximum atomic E-state index is 13.3. The molecule has 0 radical (unpaired) electrons. The van der Waals surface area contributed by atoms with Crippen LogP contribution in [0.5, 0.6) is 5.75 Å². The number of hydrogen-bond acceptors (Lipinski definition) is 3. The normalized spacial score (nSPS) is 34.9. The molecule has 4 heterocycles. The van der Waals surface area contributed by atoms with Crippen LogP contribution in [0.2, 0.25) is 0 Å². The van der Waals surface area contributed by atoms with Gasteiger partial charge in [0.05, 0.1) is 7.11 Å². The SMILES string of the molecule is COc1ccc(/C=C2\CCC3C4CCCN5CCCC(CN3C2=O)C45)cc1. The number of nitrogens with zero attached hydrogens (tertiary/aromatic N) is 2. The van der Waals surface area contributed by atoms with Gasteiger partial charge in [-0.25, -0.2) is 0 Å². The maximum absolute atomic E-state index is 13.3. The van der Waals surface area contributed by atoms with Gasteiger partial charge < -0.3 is 9.64 Å². The molecule has 4 atom stereocenters. The molecule has 1 amide bonds. The van der Waals surface area contributed by atoms with Crippen LogP contribution in [0.25, 0.3) is 6.08 Å². The number of piperidine rings is 4. The molecule has 1 aromatic carbocycles. The molecule has 4 unspecified atom stereocenters. The van der Waals surface area contributed by atoms with Crippen molar-refractivity contribution < 1.29 is 9.53 Å². The van der Waals surface area contributed by atoms with Gasteiger partial charge in [0.1, 0.15) is 5.75 Å². The Morgan fingerprint density at radius 1 is 1.07 bits per heavy atom. The van der Waals surface area contributed by atoms with E-state index in [-0.39, 0.29) is 0 Å². The van der Waals surface area contributed by atoms with Crippen LogP contribution in [0.3, 0.4) is 0 Å². The van der Waals surface area contributed by atoms with Crippen molar-refractivity contribution in [2.75, 3.05) is 26.7 Å². The summed E-state index contributed by atoms with van der Waals surface area (Å²) in [6, 6.07) is 9.22. The molecule has 0 aromatic heterocycles. The molecule has 1 aromatic rings. The van der Waals surface area contributed by atoms with Crippen LogP contribution in [-0.4, -0.2) is 54.5 Å². The molecular formula is C23H30N2O2. The first kappa shape index (κ1) is 17.3. The summed E-state index contributed by atoms with van der Waals surface area (Å²) in [6.45, 7) is 3.53. The summed E-state index contributed by atoms with van der Waals surface area (Å²) in [5.41, 5.74) is 2.08. The van der Waals surface area contributed by atoms with E-state index in [1.807, 2.05) is 24.3 Å². The summed E-state index contributed by atoms with van der Waals surface area (Å²) in [5.74, 6) is 2.53. The molecule has 4 heteroatoms. The molecule has 0 N–H and O–H groups in total. The maximum Gasteiger partial charge on any atom is 0.250 e. The van der Waals surface area contributed by atoms with Gasteiger partial charge in [0, 0.05) is 24.2 Å². The summed E-state index contributed by atoms with van der Waals surface area (Å²) >= 11 is 0. The molecular weight excluding hydrogens is 336 g/mol. The Kier molecular flexibility index (Phi) is 4.47. The monoisotopic (exact) mass is 366 g/mol. The van der Waals surface area contributed by atoms with E-state index in [2.05, 4.69) is 15.9 Å². The second kappa shape index (κ2) is 6.97. The predicted octanol–water partition coefficient (Wildman–Crippen LogP) is 3.57. The van der Waals surface area contributed by atoms with Crippen LogP contribution in [0.1, 0.15) is 44.1 Å². The lowest BCUT2D eigenvalue weighted by molar-refractivity contribution is -0.145. The lowest BCUT2D eigenvalue weighted by atomic mass is 9.67. The third-order valence-corrected chi connectivity index (χ3v) is 7.37. The molecule has 0 aliphatic carbocycles. The standard InChI is InChI=1S/C23H30N2O2/c1-27-19-9-6-16(7-10-19)14-17-8-11-21-20-5-3-13-24-12-2-4-18(22(20)24)15-25(21)23(17)26/h6-7,9-10,14,18,20-22H,2-5,8,11-13,15H2,1H3/b17-14+. The zero-order valence-corrected chi connectivity index (χ0v) is 16.3. The zero-order valence-electron chi connectivity index (χ0n) is 16.3. The van der Waals surface area contributed by atoms with Gasteiger partial charge in [-0.1, -0.05) is 12.1 Å². The molecule has 27 heavy (non-hydrogen) atoms. The minimum Gasteiger partial charge on any atom is -0.497 e. The Bertz CT molecular complexity index is 739. The number of ether oxygens (including phenoxy) is 1. The van der Waals surface area contributed by atoms with Gasteiger partial charge in [0.25, 0.3) is 0 Å². The van der Waals surface area contributed by atoms with Crippen molar-refractivity contribution in [2.45, 2.75) is 50.6 Å². The second-order valence-corrected chi connectivity index (χ2v) is 8.74. The van der Waals surface area contributed by atoms with E-state index in [4.69, 9.17) is 4.74 Å². The molecule has 4 fully saturated rings. The van der Waals surface area contributed by atoms with Gasteiger partial charge in [-0.3, -0.25) is 9.69 Å². The number of hydrogen-bond donors (Lipinski definition) is 0. The van der Waals surface area contributed by atoms with Gasteiger partial charge >= 0.3 is 0 Å². The highest BCUT2D eigenvalue weighted by Gasteiger charge is 2.51. The van der Waals surface area contributed by atoms with E-state index in [1.54, 1.807) is 7.11 Å². The van der Waals surface area contributed by atoms with Crippen molar-refractivity contribution in [1.82, 2.24) is 9.80 Å². The quantitative estimate of drug-likeness (QED) is 0.750. The van der Waals surface area contributed by atoms with Crippen molar-refractivity contribution in [3.63, 3.8) is 0 Å². The van der Waals surface area contributed by atoms with Gasteiger partial charge in [-0.2, -0.15) is 0 Å². The van der Waals surface area contributed by atoms with Crippen LogP contribution in [0, 0.1) is 11.8 Å². The minimum absolute atomic E-state index is 0.295. The molecule has 4 saturated heterocycles. The van der Waals surface area contributed by atoms with E-state index in [0.29, 0.717) is 23.8 Å². The summed E-state index contributed by atoms with van der Waals surface area (Å²) < 4.78 is 5.24. The number of benzene rings is 1. The van der Waals surface area contributed by atoms with Gasteiger partial charge in [0.2, 0.25) is 5.91 Å². The van der Waals surface area contributed by atoms with E-state index < -0.39 is 0 Å². The van der Waals surface area contributed by atoms with E-state index in [9.17, 15) is 4.79 Å². The summed E-state index contributed by atoms with van der Waals surface area (Å²) in [6.07, 6.45) is 9.36. The largest absolute Gasteiger partial charge is 0.497 e. The fourth-order valence-corrected chi connectivity index (χ4v) is 6.23. The average Bonchev–Trinajstić information content (AvgIpc) is 2.71. The average molecular weight is 367 g/mol. The molecule has 4 aliphatic heterocycles. The number of carbonyl (C=O) groups is 1. The Labute approximate surface area is 162 Å². The van der Waals surface area contributed by atoms with Crippen molar-refractivity contribution in [3.05, 3.63) is 35.4 Å². The lowest BCUT2D eigenvalue weighted by Gasteiger charge is -2.58. The Hall–Kier alpha value is -1.81.